The molecule has 4 amide bonds. The van der Waals surface area contributed by atoms with Crippen LogP contribution in [0.25, 0.3) is 10.8 Å². The number of sulfonamides is 1. The van der Waals surface area contributed by atoms with Crippen LogP contribution in [0.2, 0.25) is 0 Å². The molecule has 1 aromatic heterocycles. The van der Waals surface area contributed by atoms with Gasteiger partial charge in [0.1, 0.15) is 47.4 Å². The van der Waals surface area contributed by atoms with Gasteiger partial charge in [-0.25, -0.2) is 18.2 Å². The summed E-state index contributed by atoms with van der Waals surface area (Å²) in [5.74, 6) is -3.76. The second kappa shape index (κ2) is 17.5. The second-order valence-corrected chi connectivity index (χ2v) is 19.0. The molecule has 7 atom stereocenters. The van der Waals surface area contributed by atoms with Crippen LogP contribution >= 0.6 is 0 Å². The van der Waals surface area contributed by atoms with Gasteiger partial charge in [-0.3, -0.25) is 24.0 Å². The first kappa shape index (κ1) is 45.7. The van der Waals surface area contributed by atoms with Gasteiger partial charge in [0.2, 0.25) is 27.7 Å². The van der Waals surface area contributed by atoms with E-state index in [1.807, 2.05) is 6.92 Å². The van der Waals surface area contributed by atoms with Crippen molar-refractivity contribution in [3.8, 4) is 17.4 Å². The number of hydrogen-bond acceptors (Lipinski definition) is 11. The number of ether oxygens (including phenoxy) is 4. The number of methoxy groups -OCH3 is 2. The summed E-state index contributed by atoms with van der Waals surface area (Å²) in [6, 6.07) is 1.61. The fourth-order valence-electron chi connectivity index (χ4n) is 8.38. The average molecular weight is 882 g/mol. The number of benzene rings is 1. The zero-order valence-corrected chi connectivity index (χ0v) is 35.8. The average Bonchev–Trinajstić information content (AvgIpc) is 4.11. The SMILES string of the molecule is COCCOc1cnc(O[C@@H]2C[C@H]3C(=O)N[C@]4(C(=O)NS(=O)(=O)C5CC5)C[C@H]4/C=C\CC[C@H](C)C[C@@H](C)[C@H](N(C(=O)O)C(C)(C)C(F)(F)F)C(=O)N3C2)c2ccc(OC)cc12. The van der Waals surface area contributed by atoms with Crippen molar-refractivity contribution in [1.82, 2.24) is 24.8 Å². The summed E-state index contributed by atoms with van der Waals surface area (Å²) in [4.78, 5) is 62.1. The number of nitrogens with one attached hydrogen (secondary N) is 2. The fourth-order valence-corrected chi connectivity index (χ4v) is 9.75. The van der Waals surface area contributed by atoms with Gasteiger partial charge in [0.05, 0.1) is 31.7 Å². The standard InChI is InChI=1S/C41H54F3N5O11S/c1-23-9-7-8-10-25-20-40(25,37(52)47-61(55,56)28-12-13-28)46-34(50)31-19-27(60-35-29-14-11-26(58-6)18-30(29)32(21-45-35)59-16-15-57-5)22-48(31)36(51)33(24(2)17-23)49(38(53)54)39(3,4)41(42,43)44/h8,10-11,14,18,21,23-25,27-28,31,33H,7,9,12-13,15-17,19-20,22H2,1-6H3,(H,46,50)(H,47,52)(H,53,54)/b10-8-/t23-,24+,25+,27+,31-,33-,40+/m0/s1. The summed E-state index contributed by atoms with van der Waals surface area (Å²) in [5, 5.41) is 13.5. The highest BCUT2D eigenvalue weighted by Crippen LogP contribution is 2.47. The molecule has 1 aromatic carbocycles. The number of carboxylic acid groups (broad SMARTS) is 1. The minimum absolute atomic E-state index is 0.0435. The predicted octanol–water partition coefficient (Wildman–Crippen LogP) is 4.80. The van der Waals surface area contributed by atoms with Gasteiger partial charge in [-0.1, -0.05) is 26.0 Å². The maximum Gasteiger partial charge on any atom is 0.411 e. The first-order valence-electron chi connectivity index (χ1n) is 20.3. The maximum atomic E-state index is 15.1. The van der Waals surface area contributed by atoms with E-state index in [1.54, 1.807) is 30.4 Å². The summed E-state index contributed by atoms with van der Waals surface area (Å²) in [5.41, 5.74) is -4.77. The first-order valence-corrected chi connectivity index (χ1v) is 21.9. The van der Waals surface area contributed by atoms with E-state index in [9.17, 15) is 41.1 Å². The lowest BCUT2D eigenvalue weighted by Gasteiger charge is -2.45. The highest BCUT2D eigenvalue weighted by Gasteiger charge is 2.63. The van der Waals surface area contributed by atoms with Gasteiger partial charge >= 0.3 is 12.3 Å². The number of hydrogen-bond donors (Lipinski definition) is 3. The quantitative estimate of drug-likeness (QED) is 0.195. The lowest BCUT2D eigenvalue weighted by atomic mass is 9.85. The van der Waals surface area contributed by atoms with Crippen molar-refractivity contribution >= 4 is 44.6 Å². The van der Waals surface area contributed by atoms with Gasteiger partial charge in [-0.05, 0) is 82.4 Å². The van der Waals surface area contributed by atoms with Gasteiger partial charge in [0, 0.05) is 30.2 Å². The lowest BCUT2D eigenvalue weighted by molar-refractivity contribution is -0.222. The third-order valence-corrected chi connectivity index (χ3v) is 14.0. The van der Waals surface area contributed by atoms with Crippen LogP contribution in [0.5, 0.6) is 17.4 Å². The Kier molecular flexibility index (Phi) is 13.1. The van der Waals surface area contributed by atoms with E-state index < -0.39 is 86.4 Å². The molecule has 2 aliphatic heterocycles. The number of allylic oxidation sites excluding steroid dienone is 1. The molecule has 336 valence electrons. The van der Waals surface area contributed by atoms with E-state index in [0.717, 1.165) is 4.90 Å². The molecule has 0 bridgehead atoms. The Balaban J connectivity index is 1.42. The minimum atomic E-state index is -5.11. The highest BCUT2D eigenvalue weighted by molar-refractivity contribution is 7.91. The number of pyridine rings is 1. The zero-order chi connectivity index (χ0) is 44.7. The number of halogens is 3. The van der Waals surface area contributed by atoms with Crippen molar-refractivity contribution in [3.63, 3.8) is 0 Å². The van der Waals surface area contributed by atoms with Gasteiger partial charge in [0.15, 0.2) is 0 Å². The van der Waals surface area contributed by atoms with E-state index in [2.05, 4.69) is 15.0 Å². The molecule has 2 aromatic rings. The molecule has 3 N–H and O–H groups in total. The van der Waals surface area contributed by atoms with Crippen LogP contribution in [-0.4, -0.2) is 127 Å². The van der Waals surface area contributed by atoms with E-state index in [4.69, 9.17) is 18.9 Å². The summed E-state index contributed by atoms with van der Waals surface area (Å²) < 4.78 is 95.1. The number of fused-ring (bicyclic) bond motifs is 3. The third kappa shape index (κ3) is 9.49. The molecule has 6 rings (SSSR count). The Labute approximate surface area is 352 Å². The van der Waals surface area contributed by atoms with Crippen LogP contribution in [0.1, 0.15) is 72.6 Å². The second-order valence-electron chi connectivity index (χ2n) is 17.1. The monoisotopic (exact) mass is 881 g/mol. The summed E-state index contributed by atoms with van der Waals surface area (Å²) >= 11 is 0. The molecular formula is C41H54F3N5O11S. The van der Waals surface area contributed by atoms with Crippen molar-refractivity contribution in [3.05, 3.63) is 36.5 Å². The van der Waals surface area contributed by atoms with E-state index in [0.29, 0.717) is 61.8 Å². The Morgan fingerprint density at radius 1 is 1.08 bits per heavy atom. The van der Waals surface area contributed by atoms with Crippen molar-refractivity contribution < 1.29 is 64.8 Å². The van der Waals surface area contributed by atoms with Gasteiger partial charge in [-0.2, -0.15) is 13.2 Å². The molecule has 16 nitrogen and oxygen atoms in total. The molecule has 4 aliphatic rings. The molecule has 3 heterocycles. The maximum absolute atomic E-state index is 15.1. The molecule has 20 heteroatoms. The van der Waals surface area contributed by atoms with Crippen LogP contribution in [0.3, 0.4) is 0 Å². The molecular weight excluding hydrogens is 828 g/mol. The Morgan fingerprint density at radius 3 is 2.44 bits per heavy atom. The smallest absolute Gasteiger partial charge is 0.411 e. The zero-order valence-electron chi connectivity index (χ0n) is 35.0. The Morgan fingerprint density at radius 2 is 1.80 bits per heavy atom. The number of alkyl halides is 3. The normalized spacial score (nSPS) is 28.0. The molecule has 1 saturated heterocycles. The van der Waals surface area contributed by atoms with Crippen molar-refractivity contribution in [2.24, 2.45) is 17.8 Å². The van der Waals surface area contributed by atoms with Crippen LogP contribution in [0.15, 0.2) is 36.5 Å². The van der Waals surface area contributed by atoms with Crippen LogP contribution in [-0.2, 0) is 29.1 Å². The van der Waals surface area contributed by atoms with Gasteiger partial charge < -0.3 is 34.3 Å². The largest absolute Gasteiger partial charge is 0.497 e. The molecule has 3 fully saturated rings. The van der Waals surface area contributed by atoms with Crippen molar-refractivity contribution in [2.75, 3.05) is 34.0 Å². The number of rotatable bonds is 12. The number of carbonyl (C=O) groups excluding carboxylic acids is 3. The van der Waals surface area contributed by atoms with Gasteiger partial charge in [0.25, 0.3) is 5.91 Å². The van der Waals surface area contributed by atoms with Crippen LogP contribution < -0.4 is 24.2 Å². The highest BCUT2D eigenvalue weighted by atomic mass is 32.2. The molecule has 0 spiro atoms. The van der Waals surface area contributed by atoms with Crippen LogP contribution in [0.4, 0.5) is 18.0 Å². The van der Waals surface area contributed by atoms with E-state index in [1.165, 1.54) is 27.3 Å². The fraction of sp³-hybridized carbons (Fsp3) is 0.634. The van der Waals surface area contributed by atoms with E-state index >= 15 is 4.79 Å². The summed E-state index contributed by atoms with van der Waals surface area (Å²) in [6.45, 7) is 4.82. The summed E-state index contributed by atoms with van der Waals surface area (Å²) in [7, 11) is -1.03. The lowest BCUT2D eigenvalue weighted by Crippen LogP contribution is -2.66. The molecule has 0 radical (unpaired) electrons. The Bertz CT molecular complexity index is 2150. The molecule has 0 unspecified atom stereocenters. The van der Waals surface area contributed by atoms with Crippen molar-refractivity contribution in [1.29, 1.82) is 0 Å². The third-order valence-electron chi connectivity index (χ3n) is 12.2. The van der Waals surface area contributed by atoms with Crippen molar-refractivity contribution in [2.45, 2.75) is 113 Å². The van der Waals surface area contributed by atoms with Gasteiger partial charge in [-0.15, -0.1) is 0 Å². The molecule has 2 aliphatic carbocycles. The van der Waals surface area contributed by atoms with E-state index in [-0.39, 0.29) is 55.7 Å². The van der Waals surface area contributed by atoms with Crippen LogP contribution in [0, 0.1) is 17.8 Å². The minimum Gasteiger partial charge on any atom is -0.497 e. The number of nitrogens with zero attached hydrogens (tertiary/aromatic N) is 3. The molecule has 2 saturated carbocycles. The summed E-state index contributed by atoms with van der Waals surface area (Å²) in [6.07, 6.45) is -1.53. The topological polar surface area (TPSA) is 203 Å². The predicted molar refractivity (Wildman–Crippen MR) is 214 cm³/mol. The first-order chi connectivity index (χ1) is 28.6. The number of carbonyl (C=O) groups is 4. The number of aromatic nitrogens is 1. The molecule has 61 heavy (non-hydrogen) atoms. The Hall–Kier alpha value is -4.85. The number of amides is 4.